The Morgan fingerprint density at radius 3 is 2.73 bits per heavy atom. The number of benzene rings is 1. The first kappa shape index (κ1) is 7.99. The Hall–Kier alpha value is -1.12. The third-order valence-electron chi connectivity index (χ3n) is 1.53. The molecule has 1 aromatic rings. The molecule has 0 aliphatic heterocycles. The Morgan fingerprint density at radius 2 is 2.18 bits per heavy atom. The van der Waals surface area contributed by atoms with Gasteiger partial charge in [-0.05, 0) is 18.6 Å². The number of carbonyl (C=O) groups excluding carboxylic acids is 1. The first-order valence-electron chi connectivity index (χ1n) is 3.16. The monoisotopic (exact) mass is 148 g/mol. The van der Waals surface area contributed by atoms with Crippen LogP contribution in [0.1, 0.15) is 15.9 Å². The Balaban J connectivity index is 3.35. The largest absolute Gasteiger partial charge is 0.298 e. The van der Waals surface area contributed by atoms with Gasteiger partial charge in [0, 0.05) is 5.56 Å². The van der Waals surface area contributed by atoms with Crippen molar-refractivity contribution in [1.29, 1.82) is 0 Å². The molecule has 54 valence electrons. The summed E-state index contributed by atoms with van der Waals surface area (Å²) in [5, 5.41) is 0. The number of rotatable bonds is 1. The summed E-state index contributed by atoms with van der Waals surface area (Å²) in [6, 6.07) is 2.65. The topological polar surface area (TPSA) is 17.1 Å². The number of aldehydes is 1. The van der Waals surface area contributed by atoms with E-state index in [2.05, 4.69) is 0 Å². The molecule has 0 bridgehead atoms. The smallest absolute Gasteiger partial charge is 0.150 e. The molecule has 3 heteroatoms. The van der Waals surface area contributed by atoms with Crippen molar-refractivity contribution in [3.8, 4) is 0 Å². The van der Waals surface area contributed by atoms with Crippen LogP contribution in [-0.2, 0) is 0 Å². The van der Waals surface area contributed by atoms with Crippen LogP contribution in [0.4, 0.5) is 4.39 Å². The minimum absolute atomic E-state index is 0.273. The summed E-state index contributed by atoms with van der Waals surface area (Å²) < 4.78 is 12.8. The molecule has 0 amide bonds. The fourth-order valence-corrected chi connectivity index (χ4v) is 0.844. The molecule has 0 atom stereocenters. The van der Waals surface area contributed by atoms with E-state index in [1.54, 1.807) is 6.92 Å². The third-order valence-corrected chi connectivity index (χ3v) is 1.53. The van der Waals surface area contributed by atoms with E-state index in [9.17, 15) is 9.18 Å². The maximum atomic E-state index is 12.8. The quantitative estimate of drug-likeness (QED) is 0.424. The molecule has 0 saturated carbocycles. The predicted molar refractivity (Wildman–Crippen MR) is 41.9 cm³/mol. The van der Waals surface area contributed by atoms with E-state index in [1.165, 1.54) is 12.1 Å². The predicted octanol–water partition coefficient (Wildman–Crippen LogP) is 0.740. The molecule has 1 rings (SSSR count). The normalized spacial score (nSPS) is 9.64. The van der Waals surface area contributed by atoms with Crippen molar-refractivity contribution >= 4 is 19.6 Å². The Morgan fingerprint density at radius 1 is 1.55 bits per heavy atom. The zero-order chi connectivity index (χ0) is 8.43. The molecule has 0 aliphatic carbocycles. The van der Waals surface area contributed by atoms with Gasteiger partial charge < -0.3 is 0 Å². The first-order chi connectivity index (χ1) is 5.15. The summed E-state index contributed by atoms with van der Waals surface area (Å²) in [5.41, 5.74) is 0.923. The van der Waals surface area contributed by atoms with Crippen LogP contribution in [0.3, 0.4) is 0 Å². The average Bonchev–Trinajstić information content (AvgIpc) is 1.96. The van der Waals surface area contributed by atoms with Crippen molar-refractivity contribution in [2.24, 2.45) is 0 Å². The molecule has 11 heavy (non-hydrogen) atoms. The molecular formula is C8H6BFO. The van der Waals surface area contributed by atoms with Crippen LogP contribution in [0.25, 0.3) is 0 Å². The highest BCUT2D eigenvalue weighted by Crippen LogP contribution is 2.07. The lowest BCUT2D eigenvalue weighted by atomic mass is 9.92. The lowest BCUT2D eigenvalue weighted by molar-refractivity contribution is 0.112. The fourth-order valence-electron chi connectivity index (χ4n) is 0.844. The molecule has 0 N–H and O–H groups in total. The van der Waals surface area contributed by atoms with Gasteiger partial charge in [-0.25, -0.2) is 4.39 Å². The molecule has 0 heterocycles. The summed E-state index contributed by atoms with van der Waals surface area (Å²) in [4.78, 5) is 10.3. The van der Waals surface area contributed by atoms with Crippen LogP contribution in [0.2, 0.25) is 0 Å². The number of halogens is 1. The molecule has 0 unspecified atom stereocenters. The lowest BCUT2D eigenvalue weighted by Gasteiger charge is -2.01. The van der Waals surface area contributed by atoms with Gasteiger partial charge >= 0.3 is 0 Å². The van der Waals surface area contributed by atoms with Crippen molar-refractivity contribution in [2.75, 3.05) is 0 Å². The highest BCUT2D eigenvalue weighted by molar-refractivity contribution is 6.32. The van der Waals surface area contributed by atoms with Crippen molar-refractivity contribution in [3.05, 3.63) is 29.1 Å². The minimum Gasteiger partial charge on any atom is -0.298 e. The number of hydrogen-bond donors (Lipinski definition) is 0. The second kappa shape index (κ2) is 2.87. The fraction of sp³-hybridized carbons (Fsp3) is 0.125. The Bertz CT molecular complexity index is 296. The van der Waals surface area contributed by atoms with Crippen LogP contribution >= 0.6 is 0 Å². The molecule has 2 radical (unpaired) electrons. The lowest BCUT2D eigenvalue weighted by Crippen LogP contribution is -2.07. The second-order valence-electron chi connectivity index (χ2n) is 2.33. The van der Waals surface area contributed by atoms with E-state index < -0.39 is 5.82 Å². The van der Waals surface area contributed by atoms with Gasteiger partial charge in [0.25, 0.3) is 0 Å². The van der Waals surface area contributed by atoms with Gasteiger partial charge in [-0.2, -0.15) is 0 Å². The molecular weight excluding hydrogens is 142 g/mol. The van der Waals surface area contributed by atoms with Crippen LogP contribution < -0.4 is 5.46 Å². The van der Waals surface area contributed by atoms with E-state index in [-0.39, 0.29) is 5.46 Å². The second-order valence-corrected chi connectivity index (χ2v) is 2.33. The summed E-state index contributed by atoms with van der Waals surface area (Å²) >= 11 is 0. The molecule has 0 aliphatic rings. The number of hydrogen-bond acceptors (Lipinski definition) is 1. The first-order valence-corrected chi connectivity index (χ1v) is 3.16. The summed E-state index contributed by atoms with van der Waals surface area (Å²) in [6.45, 7) is 1.54. The van der Waals surface area contributed by atoms with Crippen molar-refractivity contribution < 1.29 is 9.18 Å². The van der Waals surface area contributed by atoms with Crippen LogP contribution in [-0.4, -0.2) is 14.1 Å². The average molecular weight is 148 g/mol. The van der Waals surface area contributed by atoms with Gasteiger partial charge in [0.2, 0.25) is 0 Å². The van der Waals surface area contributed by atoms with Gasteiger partial charge in [-0.1, -0.05) is 11.5 Å². The van der Waals surface area contributed by atoms with Crippen LogP contribution in [0.15, 0.2) is 12.1 Å². The van der Waals surface area contributed by atoms with E-state index in [4.69, 9.17) is 7.85 Å². The van der Waals surface area contributed by atoms with E-state index in [0.717, 1.165) is 0 Å². The molecule has 0 saturated heterocycles. The molecule has 1 aromatic carbocycles. The summed E-state index contributed by atoms with van der Waals surface area (Å²) in [7, 11) is 5.30. The summed E-state index contributed by atoms with van der Waals surface area (Å²) in [6.07, 6.45) is 0.592. The van der Waals surface area contributed by atoms with E-state index in [1.807, 2.05) is 0 Å². The number of carbonyl (C=O) groups is 1. The van der Waals surface area contributed by atoms with Gasteiger partial charge in [-0.15, -0.1) is 0 Å². The van der Waals surface area contributed by atoms with Crippen LogP contribution in [0, 0.1) is 12.7 Å². The Labute approximate surface area is 65.6 Å². The standard InChI is InChI=1S/C8H6BFO/c1-5-6(4-11)2-7(9)3-8(5)10/h2-4H,1H3. The molecule has 1 nitrogen and oxygen atoms in total. The Kier molecular flexibility index (Phi) is 2.08. The summed E-state index contributed by atoms with van der Waals surface area (Å²) in [5.74, 6) is -0.438. The van der Waals surface area contributed by atoms with E-state index >= 15 is 0 Å². The zero-order valence-corrected chi connectivity index (χ0v) is 6.10. The van der Waals surface area contributed by atoms with Crippen molar-refractivity contribution in [1.82, 2.24) is 0 Å². The molecule has 0 fully saturated rings. The van der Waals surface area contributed by atoms with Gasteiger partial charge in [0.1, 0.15) is 19.9 Å². The van der Waals surface area contributed by atoms with E-state index in [0.29, 0.717) is 17.4 Å². The maximum Gasteiger partial charge on any atom is 0.150 e. The molecule has 0 spiro atoms. The van der Waals surface area contributed by atoms with Crippen molar-refractivity contribution in [3.63, 3.8) is 0 Å². The van der Waals surface area contributed by atoms with Gasteiger partial charge in [0.05, 0.1) is 0 Å². The minimum atomic E-state index is -0.438. The van der Waals surface area contributed by atoms with Crippen molar-refractivity contribution in [2.45, 2.75) is 6.92 Å². The zero-order valence-electron chi connectivity index (χ0n) is 6.10. The highest BCUT2D eigenvalue weighted by atomic mass is 19.1. The van der Waals surface area contributed by atoms with Gasteiger partial charge in [0.15, 0.2) is 0 Å². The van der Waals surface area contributed by atoms with Gasteiger partial charge in [-0.3, -0.25) is 4.79 Å². The van der Waals surface area contributed by atoms with Crippen LogP contribution in [0.5, 0.6) is 0 Å². The third kappa shape index (κ3) is 1.48. The maximum absolute atomic E-state index is 12.8. The SMILES string of the molecule is [B]c1cc(F)c(C)c(C=O)c1. The highest BCUT2D eigenvalue weighted by Gasteiger charge is 2.02. The molecule has 0 aromatic heterocycles.